The first kappa shape index (κ1) is 17.9. The quantitative estimate of drug-likeness (QED) is 0.715. The van der Waals surface area contributed by atoms with Gasteiger partial charge >= 0.3 is 0 Å². The number of thiophene rings is 1. The van der Waals surface area contributed by atoms with Crippen LogP contribution in [0.25, 0.3) is 0 Å². The Morgan fingerprint density at radius 2 is 1.81 bits per heavy atom. The number of nitrogens with zero attached hydrogens (tertiary/aromatic N) is 1. The van der Waals surface area contributed by atoms with E-state index in [4.69, 9.17) is 0 Å². The summed E-state index contributed by atoms with van der Waals surface area (Å²) in [4.78, 5) is 17.0. The van der Waals surface area contributed by atoms with Gasteiger partial charge in [-0.2, -0.15) is 0 Å². The van der Waals surface area contributed by atoms with Crippen molar-refractivity contribution in [3.63, 3.8) is 0 Å². The fraction of sp³-hybridized carbons (Fsp3) is 0.190. The van der Waals surface area contributed by atoms with Gasteiger partial charge in [0.1, 0.15) is 0 Å². The molecule has 1 N–H and O–H groups in total. The third-order valence-electron chi connectivity index (χ3n) is 4.75. The molecule has 2 heterocycles. The van der Waals surface area contributed by atoms with Gasteiger partial charge in [0.2, 0.25) is 0 Å². The van der Waals surface area contributed by atoms with Crippen molar-refractivity contribution in [3.05, 3.63) is 76.0 Å². The van der Waals surface area contributed by atoms with Crippen molar-refractivity contribution in [2.24, 2.45) is 0 Å². The lowest BCUT2D eigenvalue weighted by atomic mass is 10.1. The largest absolute Gasteiger partial charge is 0.367 e. The van der Waals surface area contributed by atoms with Gasteiger partial charge in [0, 0.05) is 56.9 Å². The Kier molecular flexibility index (Phi) is 5.09. The SMILES string of the molecule is CS(=O)c1ccc(C(=O)Nc2ccc(N3CCc4sccc4C3)cc2)cc1. The van der Waals surface area contributed by atoms with Crippen LogP contribution in [0, 0.1) is 0 Å². The number of hydrogen-bond donors (Lipinski definition) is 1. The monoisotopic (exact) mass is 396 g/mol. The van der Waals surface area contributed by atoms with Gasteiger partial charge in [0.25, 0.3) is 5.91 Å². The van der Waals surface area contributed by atoms with Gasteiger partial charge in [-0.1, -0.05) is 0 Å². The number of benzene rings is 2. The third kappa shape index (κ3) is 3.96. The summed E-state index contributed by atoms with van der Waals surface area (Å²) in [6.07, 6.45) is 2.71. The molecule has 1 atom stereocenters. The normalized spacial score (nSPS) is 14.5. The van der Waals surface area contributed by atoms with Crippen molar-refractivity contribution >= 4 is 39.4 Å². The van der Waals surface area contributed by atoms with Crippen molar-refractivity contribution in [1.82, 2.24) is 0 Å². The molecule has 1 amide bonds. The van der Waals surface area contributed by atoms with Gasteiger partial charge in [-0.05, 0) is 72.0 Å². The maximum atomic E-state index is 12.4. The molecule has 2 aromatic carbocycles. The molecule has 0 saturated carbocycles. The first-order chi connectivity index (χ1) is 13.1. The van der Waals surface area contributed by atoms with Crippen LogP contribution in [-0.4, -0.2) is 22.9 Å². The van der Waals surface area contributed by atoms with Crippen molar-refractivity contribution < 1.29 is 9.00 Å². The molecule has 0 saturated heterocycles. The number of rotatable bonds is 4. The molecule has 0 aliphatic carbocycles. The predicted molar refractivity (Wildman–Crippen MR) is 112 cm³/mol. The average molecular weight is 397 g/mol. The summed E-state index contributed by atoms with van der Waals surface area (Å²) in [5, 5.41) is 5.08. The molecule has 4 rings (SSSR count). The summed E-state index contributed by atoms with van der Waals surface area (Å²) in [7, 11) is -1.04. The van der Waals surface area contributed by atoms with E-state index in [0.29, 0.717) is 10.5 Å². The Morgan fingerprint density at radius 1 is 1.07 bits per heavy atom. The molecule has 3 aromatic rings. The number of anilines is 2. The molecule has 0 bridgehead atoms. The molecular formula is C21H20N2O2S2. The molecular weight excluding hydrogens is 376 g/mol. The Balaban J connectivity index is 1.42. The van der Waals surface area contributed by atoms with Crippen molar-refractivity contribution in [3.8, 4) is 0 Å². The highest BCUT2D eigenvalue weighted by Crippen LogP contribution is 2.28. The molecule has 27 heavy (non-hydrogen) atoms. The molecule has 0 radical (unpaired) electrons. The van der Waals surface area contributed by atoms with E-state index in [1.807, 2.05) is 23.5 Å². The maximum Gasteiger partial charge on any atom is 0.255 e. The molecule has 1 aliphatic rings. The summed E-state index contributed by atoms with van der Waals surface area (Å²) >= 11 is 1.84. The van der Waals surface area contributed by atoms with Crippen LogP contribution in [0.15, 0.2) is 64.9 Å². The van der Waals surface area contributed by atoms with Crippen molar-refractivity contribution in [2.75, 3.05) is 23.0 Å². The molecule has 138 valence electrons. The Morgan fingerprint density at radius 3 is 2.52 bits per heavy atom. The van der Waals surface area contributed by atoms with Gasteiger partial charge in [0.05, 0.1) is 0 Å². The smallest absolute Gasteiger partial charge is 0.255 e. The molecule has 1 aromatic heterocycles. The van der Waals surface area contributed by atoms with E-state index < -0.39 is 10.8 Å². The second kappa shape index (κ2) is 7.66. The first-order valence-electron chi connectivity index (χ1n) is 8.75. The van der Waals surface area contributed by atoms with E-state index >= 15 is 0 Å². The van der Waals surface area contributed by atoms with E-state index in [1.165, 1.54) is 16.1 Å². The Labute approximate surface area is 165 Å². The van der Waals surface area contributed by atoms with Gasteiger partial charge in [-0.15, -0.1) is 11.3 Å². The van der Waals surface area contributed by atoms with Crippen LogP contribution in [-0.2, 0) is 23.8 Å². The number of carbonyl (C=O) groups excluding carboxylic acids is 1. The van der Waals surface area contributed by atoms with Gasteiger partial charge in [0.15, 0.2) is 0 Å². The zero-order valence-corrected chi connectivity index (χ0v) is 16.6. The predicted octanol–water partition coefficient (Wildman–Crippen LogP) is 4.30. The second-order valence-electron chi connectivity index (χ2n) is 6.52. The highest BCUT2D eigenvalue weighted by molar-refractivity contribution is 7.84. The van der Waals surface area contributed by atoms with Crippen LogP contribution in [0.4, 0.5) is 11.4 Å². The minimum atomic E-state index is -1.04. The van der Waals surface area contributed by atoms with Crippen LogP contribution >= 0.6 is 11.3 Å². The topological polar surface area (TPSA) is 49.4 Å². The minimum Gasteiger partial charge on any atom is -0.367 e. The van der Waals surface area contributed by atoms with E-state index in [9.17, 15) is 9.00 Å². The van der Waals surface area contributed by atoms with Gasteiger partial charge < -0.3 is 10.2 Å². The van der Waals surface area contributed by atoms with E-state index in [2.05, 4.69) is 33.8 Å². The molecule has 6 heteroatoms. The lowest BCUT2D eigenvalue weighted by Gasteiger charge is -2.29. The zero-order chi connectivity index (χ0) is 18.8. The number of carbonyl (C=O) groups is 1. The molecule has 1 unspecified atom stereocenters. The van der Waals surface area contributed by atoms with Crippen molar-refractivity contribution in [2.45, 2.75) is 17.9 Å². The second-order valence-corrected chi connectivity index (χ2v) is 8.90. The number of amides is 1. The Bertz CT molecular complexity index is 978. The van der Waals surface area contributed by atoms with Crippen LogP contribution in [0.1, 0.15) is 20.8 Å². The average Bonchev–Trinajstić information content (AvgIpc) is 3.16. The summed E-state index contributed by atoms with van der Waals surface area (Å²) in [6.45, 7) is 1.96. The summed E-state index contributed by atoms with van der Waals surface area (Å²) < 4.78 is 11.4. The minimum absolute atomic E-state index is 0.169. The number of nitrogens with one attached hydrogen (secondary N) is 1. The zero-order valence-electron chi connectivity index (χ0n) is 15.0. The highest BCUT2D eigenvalue weighted by Gasteiger charge is 2.17. The van der Waals surface area contributed by atoms with Crippen LogP contribution in [0.2, 0.25) is 0 Å². The lowest BCUT2D eigenvalue weighted by molar-refractivity contribution is 0.102. The van der Waals surface area contributed by atoms with Crippen molar-refractivity contribution in [1.29, 1.82) is 0 Å². The van der Waals surface area contributed by atoms with Crippen LogP contribution < -0.4 is 10.2 Å². The maximum absolute atomic E-state index is 12.4. The van der Waals surface area contributed by atoms with E-state index in [0.717, 1.165) is 25.2 Å². The first-order valence-corrected chi connectivity index (χ1v) is 11.2. The standard InChI is InChI=1S/C21H20N2O2S2/c1-27(25)19-8-2-15(3-9-19)21(24)22-17-4-6-18(7-5-17)23-12-10-20-16(14-23)11-13-26-20/h2-9,11,13H,10,12,14H2,1H3,(H,22,24). The summed E-state index contributed by atoms with van der Waals surface area (Å²) in [6, 6.07) is 17.0. The molecule has 0 spiro atoms. The Hall–Kier alpha value is -2.44. The molecule has 0 fully saturated rings. The summed E-state index contributed by atoms with van der Waals surface area (Å²) in [5.74, 6) is -0.169. The van der Waals surface area contributed by atoms with Gasteiger partial charge in [-0.25, -0.2) is 0 Å². The number of fused-ring (bicyclic) bond motifs is 1. The number of hydrogen-bond acceptors (Lipinski definition) is 4. The van der Waals surface area contributed by atoms with Crippen LogP contribution in [0.3, 0.4) is 0 Å². The van der Waals surface area contributed by atoms with Crippen LogP contribution in [0.5, 0.6) is 0 Å². The molecule has 4 nitrogen and oxygen atoms in total. The van der Waals surface area contributed by atoms with E-state index in [1.54, 1.807) is 30.5 Å². The van der Waals surface area contributed by atoms with Gasteiger partial charge in [-0.3, -0.25) is 9.00 Å². The highest BCUT2D eigenvalue weighted by atomic mass is 32.2. The fourth-order valence-corrected chi connectivity index (χ4v) is 4.63. The fourth-order valence-electron chi connectivity index (χ4n) is 3.23. The summed E-state index contributed by atoms with van der Waals surface area (Å²) in [5.41, 5.74) is 3.90. The third-order valence-corrected chi connectivity index (χ3v) is 6.71. The lowest BCUT2D eigenvalue weighted by Crippen LogP contribution is -2.29. The molecule has 1 aliphatic heterocycles. The van der Waals surface area contributed by atoms with E-state index in [-0.39, 0.29) is 5.91 Å².